The van der Waals surface area contributed by atoms with E-state index >= 15 is 0 Å². The number of hydrogen-bond acceptors (Lipinski definition) is 5. The molecule has 0 aliphatic rings. The number of carbonyl (C=O) groups is 1. The van der Waals surface area contributed by atoms with Gasteiger partial charge in [0.1, 0.15) is 0 Å². The summed E-state index contributed by atoms with van der Waals surface area (Å²) in [7, 11) is 1.63. The van der Waals surface area contributed by atoms with Crippen LogP contribution in [0.25, 0.3) is 0 Å². The van der Waals surface area contributed by atoms with E-state index in [1.54, 1.807) is 7.11 Å². The van der Waals surface area contributed by atoms with E-state index in [1.165, 1.54) is 27.3 Å². The van der Waals surface area contributed by atoms with Crippen LogP contribution in [0.2, 0.25) is 0 Å². The highest BCUT2D eigenvalue weighted by molar-refractivity contribution is 7.15. The van der Waals surface area contributed by atoms with Crippen LogP contribution in [0.3, 0.4) is 0 Å². The highest BCUT2D eigenvalue weighted by Gasteiger charge is 2.10. The topological polar surface area (TPSA) is 63.2 Å². The molecule has 0 unspecified atom stereocenters. The van der Waals surface area contributed by atoms with Crippen molar-refractivity contribution in [3.05, 3.63) is 46.0 Å². The third-order valence-corrected chi connectivity index (χ3v) is 4.47. The molecule has 7 heteroatoms. The van der Waals surface area contributed by atoms with Crippen LogP contribution in [-0.4, -0.2) is 37.7 Å². The van der Waals surface area contributed by atoms with E-state index in [2.05, 4.69) is 46.8 Å². The van der Waals surface area contributed by atoms with Crippen molar-refractivity contribution in [2.45, 2.75) is 20.3 Å². The number of benzene rings is 1. The predicted octanol–water partition coefficient (Wildman–Crippen LogP) is 2.95. The summed E-state index contributed by atoms with van der Waals surface area (Å²) < 4.78 is 4.92. The first kappa shape index (κ1) is 20.6. The number of thiazole rings is 1. The maximum Gasteiger partial charge on any atom is 0.240 e. The lowest BCUT2D eigenvalue weighted by Crippen LogP contribution is -2.30. The predicted molar refractivity (Wildman–Crippen MR) is 101 cm³/mol. The molecule has 0 bridgehead atoms. The van der Waals surface area contributed by atoms with E-state index < -0.39 is 0 Å². The molecule has 2 rings (SSSR count). The van der Waals surface area contributed by atoms with Crippen molar-refractivity contribution < 1.29 is 9.53 Å². The fraction of sp³-hybridized carbons (Fsp3) is 0.412. The number of aryl methyl sites for hydroxylation is 2. The Morgan fingerprint density at radius 1 is 1.25 bits per heavy atom. The molecule has 0 fully saturated rings. The fourth-order valence-corrected chi connectivity index (χ4v) is 3.09. The Balaban J connectivity index is 0.00000288. The molecule has 132 valence electrons. The molecule has 1 heterocycles. The molecule has 24 heavy (non-hydrogen) atoms. The van der Waals surface area contributed by atoms with E-state index in [0.29, 0.717) is 18.3 Å². The van der Waals surface area contributed by atoms with Crippen LogP contribution < -0.4 is 10.6 Å². The standard InChI is InChI=1S/C17H23N3O2S.ClH/c1-12-4-6-14(7-5-12)10-15-13(2)19-17(23-15)20-16(21)11-18-8-9-22-3;/h4-7,18H,8-11H2,1-3H3,(H,19,20,21);1H. The first-order chi connectivity index (χ1) is 11.1. The van der Waals surface area contributed by atoms with Crippen molar-refractivity contribution in [1.82, 2.24) is 10.3 Å². The molecule has 0 aliphatic heterocycles. The average molecular weight is 370 g/mol. The first-order valence-corrected chi connectivity index (χ1v) is 8.41. The van der Waals surface area contributed by atoms with Gasteiger partial charge in [-0.15, -0.1) is 23.7 Å². The second-order valence-electron chi connectivity index (χ2n) is 5.41. The van der Waals surface area contributed by atoms with Crippen LogP contribution in [0.4, 0.5) is 5.13 Å². The summed E-state index contributed by atoms with van der Waals surface area (Å²) in [6.07, 6.45) is 0.839. The van der Waals surface area contributed by atoms with E-state index in [0.717, 1.165) is 12.1 Å². The van der Waals surface area contributed by atoms with Gasteiger partial charge in [-0.1, -0.05) is 29.8 Å². The van der Waals surface area contributed by atoms with Gasteiger partial charge in [-0.2, -0.15) is 0 Å². The summed E-state index contributed by atoms with van der Waals surface area (Å²) in [6.45, 7) is 5.56. The molecular formula is C17H24ClN3O2S. The van der Waals surface area contributed by atoms with Crippen molar-refractivity contribution >= 4 is 34.8 Å². The van der Waals surface area contributed by atoms with Gasteiger partial charge in [0.15, 0.2) is 5.13 Å². The van der Waals surface area contributed by atoms with Crippen molar-refractivity contribution in [2.75, 3.05) is 32.1 Å². The second-order valence-corrected chi connectivity index (χ2v) is 6.49. The lowest BCUT2D eigenvalue weighted by Gasteiger charge is -2.03. The van der Waals surface area contributed by atoms with Crippen LogP contribution in [-0.2, 0) is 16.0 Å². The number of ether oxygens (including phenoxy) is 1. The maximum absolute atomic E-state index is 11.8. The minimum atomic E-state index is -0.0864. The summed E-state index contributed by atoms with van der Waals surface area (Å²) in [4.78, 5) is 17.5. The number of carbonyl (C=O) groups excluding carboxylic acids is 1. The molecule has 2 N–H and O–H groups in total. The SMILES string of the molecule is COCCNCC(=O)Nc1nc(C)c(Cc2ccc(C)cc2)s1.Cl. The number of anilines is 1. The zero-order valence-electron chi connectivity index (χ0n) is 14.2. The summed E-state index contributed by atoms with van der Waals surface area (Å²) in [5.74, 6) is -0.0864. The van der Waals surface area contributed by atoms with Gasteiger partial charge < -0.3 is 15.4 Å². The highest BCUT2D eigenvalue weighted by Crippen LogP contribution is 2.25. The summed E-state index contributed by atoms with van der Waals surface area (Å²) in [5, 5.41) is 6.51. The van der Waals surface area contributed by atoms with Crippen LogP contribution in [0.15, 0.2) is 24.3 Å². The number of aromatic nitrogens is 1. The molecule has 0 spiro atoms. The Hall–Kier alpha value is -1.47. The number of amides is 1. The zero-order valence-corrected chi connectivity index (χ0v) is 15.9. The summed E-state index contributed by atoms with van der Waals surface area (Å²) in [5.41, 5.74) is 3.48. The third kappa shape index (κ3) is 6.57. The van der Waals surface area contributed by atoms with Gasteiger partial charge in [-0.05, 0) is 19.4 Å². The van der Waals surface area contributed by atoms with Gasteiger partial charge in [0.2, 0.25) is 5.91 Å². The summed E-state index contributed by atoms with van der Waals surface area (Å²) in [6, 6.07) is 8.49. The molecular weight excluding hydrogens is 346 g/mol. The van der Waals surface area contributed by atoms with Crippen molar-refractivity contribution in [1.29, 1.82) is 0 Å². The maximum atomic E-state index is 11.8. The van der Waals surface area contributed by atoms with Crippen LogP contribution in [0.1, 0.15) is 21.7 Å². The minimum Gasteiger partial charge on any atom is -0.383 e. The van der Waals surface area contributed by atoms with Crippen molar-refractivity contribution in [2.24, 2.45) is 0 Å². The van der Waals surface area contributed by atoms with Crippen LogP contribution >= 0.6 is 23.7 Å². The van der Waals surface area contributed by atoms with Crippen molar-refractivity contribution in [3.63, 3.8) is 0 Å². The number of halogens is 1. The van der Waals surface area contributed by atoms with Gasteiger partial charge >= 0.3 is 0 Å². The van der Waals surface area contributed by atoms with E-state index in [1.807, 2.05) is 6.92 Å². The normalized spacial score (nSPS) is 10.3. The minimum absolute atomic E-state index is 0. The monoisotopic (exact) mass is 369 g/mol. The first-order valence-electron chi connectivity index (χ1n) is 7.60. The van der Waals surface area contributed by atoms with E-state index in [4.69, 9.17) is 4.74 Å². The number of methoxy groups -OCH3 is 1. The molecule has 1 amide bonds. The summed E-state index contributed by atoms with van der Waals surface area (Å²) >= 11 is 1.54. The number of nitrogens with zero attached hydrogens (tertiary/aromatic N) is 1. The molecule has 0 saturated heterocycles. The molecule has 2 aromatic rings. The zero-order chi connectivity index (χ0) is 16.7. The molecule has 0 saturated carbocycles. The Morgan fingerprint density at radius 2 is 1.96 bits per heavy atom. The Labute approximate surface area is 153 Å². The van der Waals surface area contributed by atoms with Gasteiger partial charge in [0.25, 0.3) is 0 Å². The Bertz CT molecular complexity index is 644. The molecule has 1 aromatic carbocycles. The van der Waals surface area contributed by atoms with Crippen LogP contribution in [0.5, 0.6) is 0 Å². The largest absolute Gasteiger partial charge is 0.383 e. The number of nitrogens with one attached hydrogen (secondary N) is 2. The van der Waals surface area contributed by atoms with Crippen molar-refractivity contribution in [3.8, 4) is 0 Å². The van der Waals surface area contributed by atoms with Gasteiger partial charge in [0, 0.05) is 25.0 Å². The molecule has 0 atom stereocenters. The lowest BCUT2D eigenvalue weighted by molar-refractivity contribution is -0.115. The molecule has 5 nitrogen and oxygen atoms in total. The van der Waals surface area contributed by atoms with E-state index in [-0.39, 0.29) is 24.9 Å². The van der Waals surface area contributed by atoms with Crippen LogP contribution in [0, 0.1) is 13.8 Å². The van der Waals surface area contributed by atoms with Gasteiger partial charge in [0.05, 0.1) is 18.8 Å². The van der Waals surface area contributed by atoms with Gasteiger partial charge in [-0.3, -0.25) is 4.79 Å². The van der Waals surface area contributed by atoms with Gasteiger partial charge in [-0.25, -0.2) is 4.98 Å². The smallest absolute Gasteiger partial charge is 0.240 e. The van der Waals surface area contributed by atoms with E-state index in [9.17, 15) is 4.79 Å². The second kappa shape index (κ2) is 10.4. The fourth-order valence-electron chi connectivity index (χ4n) is 2.08. The number of hydrogen-bond donors (Lipinski definition) is 2. The quantitative estimate of drug-likeness (QED) is 0.702. The Kier molecular flexibility index (Phi) is 8.92. The number of rotatable bonds is 8. The molecule has 0 radical (unpaired) electrons. The average Bonchev–Trinajstić information content (AvgIpc) is 2.85. The highest BCUT2D eigenvalue weighted by atomic mass is 35.5. The molecule has 1 aromatic heterocycles. The molecule has 0 aliphatic carbocycles. The third-order valence-electron chi connectivity index (χ3n) is 3.39. The Morgan fingerprint density at radius 3 is 2.62 bits per heavy atom. The lowest BCUT2D eigenvalue weighted by atomic mass is 10.1.